The Morgan fingerprint density at radius 3 is 2.88 bits per heavy atom. The second kappa shape index (κ2) is 6.31. The van der Waals surface area contributed by atoms with Gasteiger partial charge in [-0.05, 0) is 6.07 Å². The van der Waals surface area contributed by atoms with Gasteiger partial charge in [0.25, 0.3) is 0 Å². The van der Waals surface area contributed by atoms with Crippen LogP contribution in [0.2, 0.25) is 0 Å². The topological polar surface area (TPSA) is 77.3 Å². The number of hydrogen-bond acceptors (Lipinski definition) is 6. The molecule has 0 aromatic carbocycles. The molecular weight excluding hydrogens is 262 g/mol. The van der Waals surface area contributed by atoms with Gasteiger partial charge in [0.2, 0.25) is 0 Å². The van der Waals surface area contributed by atoms with Crippen LogP contribution in [0, 0.1) is 10.1 Å². The third kappa shape index (κ3) is 4.12. The maximum atomic E-state index is 10.7. The fourth-order valence-corrected chi connectivity index (χ4v) is 2.28. The van der Waals surface area contributed by atoms with Crippen molar-refractivity contribution >= 4 is 45.6 Å². The van der Waals surface area contributed by atoms with Crippen LogP contribution in [0.3, 0.4) is 0 Å². The van der Waals surface area contributed by atoms with Crippen LogP contribution in [0.25, 0.3) is 6.08 Å². The molecule has 1 aromatic heterocycles. The van der Waals surface area contributed by atoms with Gasteiger partial charge < -0.3 is 0 Å². The Hall–Kier alpha value is -1.47. The number of nitro groups is 1. The lowest BCUT2D eigenvalue weighted by atomic mass is 10.3. The van der Waals surface area contributed by atoms with Crippen LogP contribution < -0.4 is 0 Å². The van der Waals surface area contributed by atoms with Gasteiger partial charge in [-0.25, -0.2) is 0 Å². The molecule has 0 bridgehead atoms. The van der Waals surface area contributed by atoms with Crippen molar-refractivity contribution in [1.82, 2.24) is 0 Å². The van der Waals surface area contributed by atoms with Crippen LogP contribution >= 0.6 is 23.1 Å². The van der Waals surface area contributed by atoms with Gasteiger partial charge >= 0.3 is 5.00 Å². The van der Waals surface area contributed by atoms with Crippen molar-refractivity contribution in [3.05, 3.63) is 32.7 Å². The number of hydrogen-bond donors (Lipinski definition) is 0. The summed E-state index contributed by atoms with van der Waals surface area (Å²) >= 11 is 1.96. The zero-order valence-corrected chi connectivity index (χ0v) is 10.5. The molecule has 0 atom stereocenters. The Morgan fingerprint density at radius 1 is 1.65 bits per heavy atom. The molecule has 0 N–H and O–H groups in total. The normalized spacial score (nSPS) is 10.6. The lowest BCUT2D eigenvalue weighted by Gasteiger charge is -1.89. The van der Waals surface area contributed by atoms with Gasteiger partial charge in [-0.2, -0.15) is 0 Å². The van der Waals surface area contributed by atoms with E-state index in [1.54, 1.807) is 12.2 Å². The first kappa shape index (κ1) is 13.6. The minimum absolute atomic E-state index is 0.0111. The minimum atomic E-state index is -0.518. The molecule has 1 rings (SSSR count). The number of carbonyl (C=O) groups excluding carboxylic acids is 2. The summed E-state index contributed by atoms with van der Waals surface area (Å²) in [5.74, 6) is 0.457. The van der Waals surface area contributed by atoms with Gasteiger partial charge in [0.1, 0.15) is 0 Å². The molecule has 1 heterocycles. The van der Waals surface area contributed by atoms with E-state index in [0.717, 1.165) is 23.1 Å². The number of carbonyl (C=O) groups is 2. The zero-order chi connectivity index (χ0) is 12.8. The van der Waals surface area contributed by atoms with E-state index in [1.807, 2.05) is 0 Å². The van der Waals surface area contributed by atoms with E-state index in [2.05, 4.69) is 0 Å². The largest absolute Gasteiger partial charge is 0.331 e. The minimum Gasteiger partial charge on any atom is -0.297 e. The van der Waals surface area contributed by atoms with Gasteiger partial charge in [0, 0.05) is 12.7 Å². The Labute approximate surface area is 106 Å². The molecule has 0 aliphatic carbocycles. The Kier molecular flexibility index (Phi) is 5.05. The lowest BCUT2D eigenvalue weighted by molar-refractivity contribution is -0.380. The molecule has 0 aliphatic heterocycles. The van der Waals surface area contributed by atoms with Crippen molar-refractivity contribution < 1.29 is 14.5 Å². The van der Waals surface area contributed by atoms with Gasteiger partial charge in [-0.3, -0.25) is 19.7 Å². The van der Waals surface area contributed by atoms with E-state index < -0.39 is 4.92 Å². The van der Waals surface area contributed by atoms with E-state index in [4.69, 9.17) is 0 Å². The second-order valence-corrected chi connectivity index (χ2v) is 5.25. The molecule has 90 valence electrons. The summed E-state index contributed by atoms with van der Waals surface area (Å²) in [6.45, 7) is 1.45. The molecular formula is C10H9NO4S2. The number of nitrogens with zero attached hydrogens (tertiary/aromatic N) is 1. The smallest absolute Gasteiger partial charge is 0.297 e. The molecule has 5 nitrogen and oxygen atoms in total. The zero-order valence-electron chi connectivity index (χ0n) is 8.91. The number of thioether (sulfide) groups is 1. The number of thiophene rings is 1. The van der Waals surface area contributed by atoms with E-state index in [9.17, 15) is 19.7 Å². The molecule has 0 radical (unpaired) electrons. The summed E-state index contributed by atoms with van der Waals surface area (Å²) < 4.78 is 0. The SMILES string of the molecule is CC(=O)SCC=Cc1cc(C=O)sc1[N+](=O)[O-]. The summed E-state index contributed by atoms with van der Waals surface area (Å²) in [5, 5.41) is 10.6. The van der Waals surface area contributed by atoms with E-state index in [1.165, 1.54) is 13.0 Å². The monoisotopic (exact) mass is 271 g/mol. The lowest BCUT2D eigenvalue weighted by Crippen LogP contribution is -1.86. The van der Waals surface area contributed by atoms with E-state index in [-0.39, 0.29) is 10.1 Å². The first-order chi connectivity index (χ1) is 8.04. The summed E-state index contributed by atoms with van der Waals surface area (Å²) in [5.41, 5.74) is 0.395. The predicted octanol–water partition coefficient (Wildman–Crippen LogP) is 2.76. The number of aldehydes is 1. The Morgan fingerprint density at radius 2 is 2.35 bits per heavy atom. The standard InChI is InChI=1S/C10H9NO4S2/c1-7(13)16-4-2-3-8-5-9(6-12)17-10(8)11(14)15/h2-3,5-6H,4H2,1H3. The Balaban J connectivity index is 2.81. The third-order valence-corrected chi connectivity index (χ3v) is 3.51. The molecule has 7 heteroatoms. The molecule has 0 saturated heterocycles. The first-order valence-electron chi connectivity index (χ1n) is 4.58. The fraction of sp³-hybridized carbons (Fsp3) is 0.200. The summed E-state index contributed by atoms with van der Waals surface area (Å²) in [4.78, 5) is 31.7. The average Bonchev–Trinajstić information content (AvgIpc) is 2.67. The van der Waals surface area contributed by atoms with Gasteiger partial charge in [0.15, 0.2) is 11.4 Å². The maximum absolute atomic E-state index is 10.7. The molecule has 1 aromatic rings. The molecule has 0 fully saturated rings. The summed E-state index contributed by atoms with van der Waals surface area (Å²) in [6, 6.07) is 1.46. The van der Waals surface area contributed by atoms with E-state index in [0.29, 0.717) is 22.5 Å². The predicted molar refractivity (Wildman–Crippen MR) is 68.5 cm³/mol. The van der Waals surface area contributed by atoms with Crippen LogP contribution in [0.1, 0.15) is 22.2 Å². The fourth-order valence-electron chi connectivity index (χ4n) is 1.08. The number of rotatable bonds is 5. The second-order valence-electron chi connectivity index (χ2n) is 2.99. The third-order valence-electron chi connectivity index (χ3n) is 1.72. The van der Waals surface area contributed by atoms with Crippen molar-refractivity contribution in [2.75, 3.05) is 5.75 Å². The van der Waals surface area contributed by atoms with Crippen LogP contribution in [0.5, 0.6) is 0 Å². The maximum Gasteiger partial charge on any atom is 0.331 e. The molecule has 0 spiro atoms. The van der Waals surface area contributed by atoms with Crippen molar-refractivity contribution in [1.29, 1.82) is 0 Å². The van der Waals surface area contributed by atoms with Crippen molar-refractivity contribution in [3.63, 3.8) is 0 Å². The summed E-state index contributed by atoms with van der Waals surface area (Å²) in [6.07, 6.45) is 3.80. The van der Waals surface area contributed by atoms with Gasteiger partial charge in [-0.1, -0.05) is 35.3 Å². The highest BCUT2D eigenvalue weighted by Crippen LogP contribution is 2.30. The van der Waals surface area contributed by atoms with Crippen LogP contribution in [0.15, 0.2) is 12.1 Å². The highest BCUT2D eigenvalue weighted by atomic mass is 32.2. The molecule has 0 amide bonds. The molecule has 0 saturated carbocycles. The van der Waals surface area contributed by atoms with Crippen molar-refractivity contribution in [3.8, 4) is 0 Å². The average molecular weight is 271 g/mol. The van der Waals surface area contributed by atoms with Gasteiger partial charge in [-0.15, -0.1) is 0 Å². The Bertz CT molecular complexity index is 479. The highest BCUT2D eigenvalue weighted by molar-refractivity contribution is 8.13. The quantitative estimate of drug-likeness (QED) is 0.467. The van der Waals surface area contributed by atoms with E-state index >= 15 is 0 Å². The van der Waals surface area contributed by atoms with Crippen LogP contribution in [-0.4, -0.2) is 22.1 Å². The summed E-state index contributed by atoms with van der Waals surface area (Å²) in [7, 11) is 0. The molecule has 17 heavy (non-hydrogen) atoms. The molecule has 0 aliphatic rings. The van der Waals surface area contributed by atoms with Crippen molar-refractivity contribution in [2.24, 2.45) is 0 Å². The first-order valence-corrected chi connectivity index (χ1v) is 6.38. The highest BCUT2D eigenvalue weighted by Gasteiger charge is 2.16. The van der Waals surface area contributed by atoms with Crippen molar-refractivity contribution in [2.45, 2.75) is 6.92 Å². The van der Waals surface area contributed by atoms with Gasteiger partial charge in [0.05, 0.1) is 15.4 Å². The van der Waals surface area contributed by atoms with Crippen LogP contribution in [0.4, 0.5) is 5.00 Å². The molecule has 0 unspecified atom stereocenters. The van der Waals surface area contributed by atoms with Crippen LogP contribution in [-0.2, 0) is 4.79 Å².